The molecule has 2 amide bonds. The number of hydrogen-bond acceptors (Lipinski definition) is 5. The molecule has 0 fully saturated rings. The maximum absolute atomic E-state index is 10.8. The molecule has 0 aromatic rings. The Morgan fingerprint density at radius 3 is 2.38 bits per heavy atom. The molecule has 0 aromatic heterocycles. The first-order valence-corrected chi connectivity index (χ1v) is 3.63. The third kappa shape index (κ3) is 2.35. The van der Waals surface area contributed by atoms with Crippen LogP contribution in [0.5, 0.6) is 0 Å². The number of rotatable bonds is 4. The van der Waals surface area contributed by atoms with Gasteiger partial charge in [-0.3, -0.25) is 14.4 Å². The lowest BCUT2D eigenvalue weighted by molar-refractivity contribution is -0.193. The zero-order valence-electron chi connectivity index (χ0n) is 6.71. The second-order valence-corrected chi connectivity index (χ2v) is 2.44. The van der Waals surface area contributed by atoms with Gasteiger partial charge in [-0.1, -0.05) is 0 Å². The number of imide groups is 1. The minimum absolute atomic E-state index is 0.296. The van der Waals surface area contributed by atoms with E-state index in [9.17, 15) is 9.59 Å². The van der Waals surface area contributed by atoms with Crippen LogP contribution in [0.15, 0.2) is 12.2 Å². The molecule has 0 saturated carbocycles. The van der Waals surface area contributed by atoms with Crippen LogP contribution in [0.2, 0.25) is 0 Å². The molecular weight excluding hydrogens is 178 g/mol. The fourth-order valence-electron chi connectivity index (χ4n) is 0.727. The van der Waals surface area contributed by atoms with Crippen molar-refractivity contribution in [3.63, 3.8) is 0 Å². The van der Waals surface area contributed by atoms with E-state index in [4.69, 9.17) is 10.2 Å². The van der Waals surface area contributed by atoms with Crippen LogP contribution in [0.4, 0.5) is 0 Å². The molecule has 1 atom stereocenters. The number of aliphatic hydroxyl groups is 2. The topological polar surface area (TPSA) is 87.1 Å². The number of carbonyl (C=O) groups is 2. The van der Waals surface area contributed by atoms with Gasteiger partial charge in [-0.15, -0.1) is 5.06 Å². The van der Waals surface area contributed by atoms with Gasteiger partial charge in [0.05, 0.1) is 6.61 Å². The molecule has 72 valence electrons. The van der Waals surface area contributed by atoms with Crippen molar-refractivity contribution in [2.75, 3.05) is 13.2 Å². The van der Waals surface area contributed by atoms with Crippen molar-refractivity contribution in [2.24, 2.45) is 0 Å². The number of hydroxylamine groups is 2. The van der Waals surface area contributed by atoms with Gasteiger partial charge in [-0.25, -0.2) is 0 Å². The maximum Gasteiger partial charge on any atom is 0.277 e. The predicted molar refractivity (Wildman–Crippen MR) is 40.0 cm³/mol. The second-order valence-electron chi connectivity index (χ2n) is 2.44. The van der Waals surface area contributed by atoms with E-state index in [1.165, 1.54) is 0 Å². The first-order chi connectivity index (χ1) is 6.15. The van der Waals surface area contributed by atoms with Crippen LogP contribution in [-0.2, 0) is 14.4 Å². The van der Waals surface area contributed by atoms with E-state index in [1.807, 2.05) is 0 Å². The summed E-state index contributed by atoms with van der Waals surface area (Å²) in [5.74, 6) is -1.18. The molecule has 1 aliphatic heterocycles. The SMILES string of the molecule is O=C1C=CC(=O)N1OCC(O)CO. The highest BCUT2D eigenvalue weighted by Gasteiger charge is 2.25. The van der Waals surface area contributed by atoms with Crippen LogP contribution < -0.4 is 0 Å². The van der Waals surface area contributed by atoms with E-state index in [-0.39, 0.29) is 6.61 Å². The summed E-state index contributed by atoms with van der Waals surface area (Å²) in [5, 5.41) is 17.8. The lowest BCUT2D eigenvalue weighted by Gasteiger charge is -2.14. The molecule has 6 heteroatoms. The Morgan fingerprint density at radius 1 is 1.38 bits per heavy atom. The van der Waals surface area contributed by atoms with Crippen molar-refractivity contribution in [1.82, 2.24) is 5.06 Å². The number of nitrogens with zero attached hydrogens (tertiary/aromatic N) is 1. The number of amides is 2. The van der Waals surface area contributed by atoms with Gasteiger partial charge in [0.2, 0.25) is 0 Å². The zero-order valence-corrected chi connectivity index (χ0v) is 6.71. The van der Waals surface area contributed by atoms with Crippen molar-refractivity contribution in [1.29, 1.82) is 0 Å². The van der Waals surface area contributed by atoms with Gasteiger partial charge in [0, 0.05) is 12.2 Å². The summed E-state index contributed by atoms with van der Waals surface area (Å²) in [6.07, 6.45) is 1.03. The molecule has 0 aromatic carbocycles. The Morgan fingerprint density at radius 2 is 1.92 bits per heavy atom. The molecule has 1 rings (SSSR count). The van der Waals surface area contributed by atoms with Crippen molar-refractivity contribution in [2.45, 2.75) is 6.10 Å². The van der Waals surface area contributed by atoms with E-state index < -0.39 is 24.5 Å². The van der Waals surface area contributed by atoms with Crippen LogP contribution in [-0.4, -0.2) is 46.4 Å². The van der Waals surface area contributed by atoms with Crippen molar-refractivity contribution in [3.8, 4) is 0 Å². The summed E-state index contributed by atoms with van der Waals surface area (Å²) in [7, 11) is 0. The normalized spacial score (nSPS) is 18.5. The minimum atomic E-state index is -1.10. The molecule has 0 radical (unpaired) electrons. The molecule has 1 aliphatic rings. The molecule has 6 nitrogen and oxygen atoms in total. The van der Waals surface area contributed by atoms with Gasteiger partial charge in [0.1, 0.15) is 12.7 Å². The summed E-state index contributed by atoms with van der Waals surface area (Å²) in [5.41, 5.74) is 0. The van der Waals surface area contributed by atoms with Gasteiger partial charge < -0.3 is 10.2 Å². The molecular formula is C7H9NO5. The highest BCUT2D eigenvalue weighted by molar-refractivity contribution is 6.11. The van der Waals surface area contributed by atoms with Gasteiger partial charge in [-0.2, -0.15) is 0 Å². The Balaban J connectivity index is 2.38. The molecule has 0 spiro atoms. The Hall–Kier alpha value is -1.24. The lowest BCUT2D eigenvalue weighted by atomic mass is 10.4. The molecule has 0 aliphatic carbocycles. The average molecular weight is 187 g/mol. The minimum Gasteiger partial charge on any atom is -0.394 e. The maximum atomic E-state index is 10.8. The summed E-state index contributed by atoms with van der Waals surface area (Å²) < 4.78 is 0. The fourth-order valence-corrected chi connectivity index (χ4v) is 0.727. The smallest absolute Gasteiger partial charge is 0.277 e. The van der Waals surface area contributed by atoms with Crippen LogP contribution in [0.25, 0.3) is 0 Å². The monoisotopic (exact) mass is 187 g/mol. The summed E-state index contributed by atoms with van der Waals surface area (Å²) in [6, 6.07) is 0. The standard InChI is InChI=1S/C7H9NO5/c9-3-5(10)4-13-8-6(11)1-2-7(8)12/h1-2,5,9-10H,3-4H2. The quantitative estimate of drug-likeness (QED) is 0.507. The Labute approximate surface area is 74.0 Å². The largest absolute Gasteiger partial charge is 0.394 e. The Bertz CT molecular complexity index is 231. The highest BCUT2D eigenvalue weighted by Crippen LogP contribution is 2.04. The molecule has 2 N–H and O–H groups in total. The number of aliphatic hydroxyl groups excluding tert-OH is 2. The molecule has 1 unspecified atom stereocenters. The van der Waals surface area contributed by atoms with Gasteiger partial charge in [0.15, 0.2) is 0 Å². The average Bonchev–Trinajstić information content (AvgIpc) is 2.43. The van der Waals surface area contributed by atoms with Crippen LogP contribution in [0.3, 0.4) is 0 Å². The number of hydrogen-bond donors (Lipinski definition) is 2. The highest BCUT2D eigenvalue weighted by atomic mass is 16.7. The zero-order chi connectivity index (χ0) is 9.84. The van der Waals surface area contributed by atoms with Crippen molar-refractivity contribution in [3.05, 3.63) is 12.2 Å². The first-order valence-electron chi connectivity index (χ1n) is 3.63. The van der Waals surface area contributed by atoms with Crippen molar-refractivity contribution >= 4 is 11.8 Å². The van der Waals surface area contributed by atoms with Gasteiger partial charge >= 0.3 is 0 Å². The molecule has 13 heavy (non-hydrogen) atoms. The first kappa shape index (κ1) is 9.85. The predicted octanol–water partition coefficient (Wildman–Crippen LogP) is -1.80. The summed E-state index contributed by atoms with van der Waals surface area (Å²) in [4.78, 5) is 26.3. The van der Waals surface area contributed by atoms with E-state index in [0.29, 0.717) is 5.06 Å². The van der Waals surface area contributed by atoms with Crippen LogP contribution in [0.1, 0.15) is 0 Å². The molecule has 0 saturated heterocycles. The van der Waals surface area contributed by atoms with E-state index in [1.54, 1.807) is 0 Å². The van der Waals surface area contributed by atoms with Crippen LogP contribution in [0, 0.1) is 0 Å². The van der Waals surface area contributed by atoms with Gasteiger partial charge in [-0.05, 0) is 0 Å². The molecule has 1 heterocycles. The van der Waals surface area contributed by atoms with Crippen LogP contribution >= 0.6 is 0 Å². The van der Waals surface area contributed by atoms with E-state index >= 15 is 0 Å². The fraction of sp³-hybridized carbons (Fsp3) is 0.429. The number of carbonyl (C=O) groups excluding carboxylic acids is 2. The summed E-state index contributed by atoms with van der Waals surface area (Å²) >= 11 is 0. The molecule has 0 bridgehead atoms. The van der Waals surface area contributed by atoms with Crippen molar-refractivity contribution < 1.29 is 24.6 Å². The van der Waals surface area contributed by atoms with E-state index in [0.717, 1.165) is 12.2 Å². The van der Waals surface area contributed by atoms with E-state index in [2.05, 4.69) is 4.84 Å². The third-order valence-corrected chi connectivity index (χ3v) is 1.38. The second kappa shape index (κ2) is 4.13. The third-order valence-electron chi connectivity index (χ3n) is 1.38. The Kier molecular flexibility index (Phi) is 3.13. The lowest BCUT2D eigenvalue weighted by Crippen LogP contribution is -2.34. The van der Waals surface area contributed by atoms with Gasteiger partial charge in [0.25, 0.3) is 11.8 Å². The summed E-state index contributed by atoms with van der Waals surface area (Å²) in [6.45, 7) is -0.778.